The van der Waals surface area contributed by atoms with Crippen LogP contribution in [0.4, 0.5) is 16.2 Å². The molecular weight excluding hydrogens is 524 g/mol. The third-order valence-electron chi connectivity index (χ3n) is 5.27. The zero-order chi connectivity index (χ0) is 25.8. The Hall–Kier alpha value is -3.91. The third kappa shape index (κ3) is 5.04. The van der Waals surface area contributed by atoms with E-state index in [1.165, 1.54) is 6.08 Å². The Labute approximate surface area is 218 Å². The van der Waals surface area contributed by atoms with E-state index in [0.717, 1.165) is 9.80 Å². The molecule has 7 nitrogen and oxygen atoms in total. The zero-order valence-electron chi connectivity index (χ0n) is 20.1. The molecule has 1 aliphatic rings. The summed E-state index contributed by atoms with van der Waals surface area (Å²) in [6.45, 7) is 6.07. The maximum atomic E-state index is 13.6. The molecule has 1 fully saturated rings. The van der Waals surface area contributed by atoms with Crippen LogP contribution in [0.2, 0.25) is 0 Å². The fraction of sp³-hybridized carbons (Fsp3) is 0.179. The van der Waals surface area contributed by atoms with Gasteiger partial charge < -0.3 is 9.47 Å². The van der Waals surface area contributed by atoms with E-state index in [1.54, 1.807) is 72.8 Å². The van der Waals surface area contributed by atoms with Crippen molar-refractivity contribution >= 4 is 51.2 Å². The summed E-state index contributed by atoms with van der Waals surface area (Å²) in [6, 6.07) is 19.8. The molecule has 0 N–H and O–H groups in total. The summed E-state index contributed by atoms with van der Waals surface area (Å²) in [5.74, 6) is -0.415. The molecule has 0 saturated carbocycles. The lowest BCUT2D eigenvalue weighted by molar-refractivity contribution is -0.121. The van der Waals surface area contributed by atoms with Crippen LogP contribution in [0.1, 0.15) is 26.3 Å². The van der Waals surface area contributed by atoms with E-state index in [-0.39, 0.29) is 11.7 Å². The van der Waals surface area contributed by atoms with Gasteiger partial charge in [0, 0.05) is 0 Å². The van der Waals surface area contributed by atoms with Crippen molar-refractivity contribution in [3.05, 3.63) is 88.4 Å². The van der Waals surface area contributed by atoms with Crippen molar-refractivity contribution in [2.24, 2.45) is 0 Å². The minimum atomic E-state index is -0.739. The molecule has 8 heteroatoms. The standard InChI is InChI=1S/C28H25BrN2O5/c1-4-35-24-17-19(16-23(29)25(24)36-18(2)3)15-22-26(32)30(20-11-7-5-8-12-20)28(34)31(27(22)33)21-13-9-6-10-14-21/h5-18H,4H2,1-3H3. The highest BCUT2D eigenvalue weighted by molar-refractivity contribution is 9.10. The first kappa shape index (κ1) is 25.2. The summed E-state index contributed by atoms with van der Waals surface area (Å²) in [6.07, 6.45) is 1.38. The number of urea groups is 1. The predicted molar refractivity (Wildman–Crippen MR) is 142 cm³/mol. The Morgan fingerprint density at radius 1 is 0.861 bits per heavy atom. The molecule has 4 rings (SSSR count). The Balaban J connectivity index is 1.85. The molecule has 0 bridgehead atoms. The number of amides is 4. The van der Waals surface area contributed by atoms with Gasteiger partial charge in [-0.1, -0.05) is 36.4 Å². The SMILES string of the molecule is CCOc1cc(C=C2C(=O)N(c3ccccc3)C(=O)N(c3ccccc3)C2=O)cc(Br)c1OC(C)C. The number of rotatable bonds is 7. The summed E-state index contributed by atoms with van der Waals surface area (Å²) in [4.78, 5) is 42.6. The van der Waals surface area contributed by atoms with Gasteiger partial charge in [-0.25, -0.2) is 14.6 Å². The lowest BCUT2D eigenvalue weighted by atomic mass is 10.0. The van der Waals surface area contributed by atoms with Crippen molar-refractivity contribution in [3.63, 3.8) is 0 Å². The smallest absolute Gasteiger partial charge is 0.343 e. The fourth-order valence-electron chi connectivity index (χ4n) is 3.79. The molecule has 1 aliphatic heterocycles. The summed E-state index contributed by atoms with van der Waals surface area (Å²) in [7, 11) is 0. The van der Waals surface area contributed by atoms with Gasteiger partial charge in [0.15, 0.2) is 11.5 Å². The zero-order valence-corrected chi connectivity index (χ0v) is 21.7. The van der Waals surface area contributed by atoms with E-state index in [9.17, 15) is 14.4 Å². The maximum absolute atomic E-state index is 13.6. The Morgan fingerprint density at radius 2 is 1.39 bits per heavy atom. The van der Waals surface area contributed by atoms with E-state index in [0.29, 0.717) is 39.5 Å². The Bertz CT molecular complexity index is 1260. The van der Waals surface area contributed by atoms with Gasteiger partial charge in [-0.05, 0) is 84.7 Å². The monoisotopic (exact) mass is 548 g/mol. The number of hydrogen-bond acceptors (Lipinski definition) is 5. The minimum Gasteiger partial charge on any atom is -0.490 e. The molecule has 4 amide bonds. The van der Waals surface area contributed by atoms with Crippen LogP contribution in [0.25, 0.3) is 6.08 Å². The van der Waals surface area contributed by atoms with Crippen LogP contribution < -0.4 is 19.3 Å². The number of halogens is 1. The first-order valence-electron chi connectivity index (χ1n) is 11.5. The van der Waals surface area contributed by atoms with E-state index in [4.69, 9.17) is 9.47 Å². The number of para-hydroxylation sites is 2. The van der Waals surface area contributed by atoms with Gasteiger partial charge in [0.1, 0.15) is 5.57 Å². The van der Waals surface area contributed by atoms with Gasteiger partial charge in [-0.3, -0.25) is 9.59 Å². The van der Waals surface area contributed by atoms with Gasteiger partial charge in [-0.2, -0.15) is 0 Å². The lowest BCUT2D eigenvalue weighted by Gasteiger charge is -2.34. The number of ether oxygens (including phenoxy) is 2. The Morgan fingerprint density at radius 3 is 1.86 bits per heavy atom. The second kappa shape index (κ2) is 10.8. The summed E-state index contributed by atoms with van der Waals surface area (Å²) in [5.41, 5.74) is 1.11. The van der Waals surface area contributed by atoms with Crippen molar-refractivity contribution < 1.29 is 23.9 Å². The summed E-state index contributed by atoms with van der Waals surface area (Å²) < 4.78 is 12.3. The molecule has 3 aromatic carbocycles. The molecular formula is C28H25BrN2O5. The van der Waals surface area contributed by atoms with E-state index < -0.39 is 17.8 Å². The fourth-order valence-corrected chi connectivity index (χ4v) is 4.34. The largest absolute Gasteiger partial charge is 0.490 e. The Kier molecular flexibility index (Phi) is 7.55. The number of hydrogen-bond donors (Lipinski definition) is 0. The van der Waals surface area contributed by atoms with Crippen LogP contribution in [0.15, 0.2) is 82.8 Å². The average Bonchev–Trinajstić information content (AvgIpc) is 2.85. The highest BCUT2D eigenvalue weighted by Crippen LogP contribution is 2.39. The molecule has 184 valence electrons. The highest BCUT2D eigenvalue weighted by Gasteiger charge is 2.43. The van der Waals surface area contributed by atoms with Gasteiger partial charge in [0.05, 0.1) is 28.6 Å². The molecule has 0 unspecified atom stereocenters. The second-order valence-electron chi connectivity index (χ2n) is 8.22. The average molecular weight is 549 g/mol. The highest BCUT2D eigenvalue weighted by atomic mass is 79.9. The molecule has 0 aromatic heterocycles. The number of benzene rings is 3. The molecule has 1 heterocycles. The topological polar surface area (TPSA) is 76.2 Å². The predicted octanol–water partition coefficient (Wildman–Crippen LogP) is 6.22. The minimum absolute atomic E-state index is 0.0870. The molecule has 0 spiro atoms. The van der Waals surface area contributed by atoms with Crippen LogP contribution in [-0.2, 0) is 9.59 Å². The molecule has 0 aliphatic carbocycles. The van der Waals surface area contributed by atoms with E-state index in [2.05, 4.69) is 15.9 Å². The quantitative estimate of drug-likeness (QED) is 0.259. The van der Waals surface area contributed by atoms with E-state index in [1.807, 2.05) is 20.8 Å². The van der Waals surface area contributed by atoms with E-state index >= 15 is 0 Å². The van der Waals surface area contributed by atoms with Crippen molar-refractivity contribution in [1.82, 2.24) is 0 Å². The second-order valence-corrected chi connectivity index (χ2v) is 9.08. The summed E-state index contributed by atoms with van der Waals surface area (Å²) >= 11 is 3.52. The first-order chi connectivity index (χ1) is 17.3. The molecule has 36 heavy (non-hydrogen) atoms. The van der Waals surface area contributed by atoms with Gasteiger partial charge in [0.2, 0.25) is 0 Å². The number of barbiturate groups is 1. The van der Waals surface area contributed by atoms with Crippen LogP contribution in [0, 0.1) is 0 Å². The van der Waals surface area contributed by atoms with Crippen LogP contribution >= 0.6 is 15.9 Å². The molecule has 0 atom stereocenters. The number of nitrogens with zero attached hydrogens (tertiary/aromatic N) is 2. The third-order valence-corrected chi connectivity index (χ3v) is 5.86. The number of carbonyl (C=O) groups excluding carboxylic acids is 3. The molecule has 1 saturated heterocycles. The maximum Gasteiger partial charge on any atom is 0.343 e. The summed E-state index contributed by atoms with van der Waals surface area (Å²) in [5, 5.41) is 0. The molecule has 3 aromatic rings. The first-order valence-corrected chi connectivity index (χ1v) is 12.3. The van der Waals surface area contributed by atoms with Crippen LogP contribution in [0.3, 0.4) is 0 Å². The van der Waals surface area contributed by atoms with Gasteiger partial charge in [-0.15, -0.1) is 0 Å². The van der Waals surface area contributed by atoms with Crippen LogP contribution in [0.5, 0.6) is 11.5 Å². The van der Waals surface area contributed by atoms with Crippen LogP contribution in [-0.4, -0.2) is 30.6 Å². The normalized spacial score (nSPS) is 13.9. The van der Waals surface area contributed by atoms with Crippen molar-refractivity contribution in [2.75, 3.05) is 16.4 Å². The van der Waals surface area contributed by atoms with Gasteiger partial charge >= 0.3 is 6.03 Å². The number of imide groups is 2. The number of anilines is 2. The van der Waals surface area contributed by atoms with Crippen molar-refractivity contribution in [2.45, 2.75) is 26.9 Å². The lowest BCUT2D eigenvalue weighted by Crippen LogP contribution is -2.57. The van der Waals surface area contributed by atoms with Crippen molar-refractivity contribution in [3.8, 4) is 11.5 Å². The number of carbonyl (C=O) groups is 3. The molecule has 0 radical (unpaired) electrons. The van der Waals surface area contributed by atoms with Gasteiger partial charge in [0.25, 0.3) is 11.8 Å². The van der Waals surface area contributed by atoms with Crippen molar-refractivity contribution in [1.29, 1.82) is 0 Å².